The standard InChI is InChI=1S/C15H26N2O3/c1-2-5-11(16)9-14(18)17-12-7-4-3-6-10(12)8-13(17)15(19)20/h10-13H,2-9,16H2,1H3,(H,19,20). The first-order chi connectivity index (χ1) is 9.54. The number of nitrogens with two attached hydrogens (primary N) is 1. The van der Waals surface area contributed by atoms with Crippen molar-refractivity contribution in [3.63, 3.8) is 0 Å². The number of aliphatic carboxylic acids is 1. The highest BCUT2D eigenvalue weighted by Gasteiger charge is 2.47. The van der Waals surface area contributed by atoms with Crippen molar-refractivity contribution in [2.75, 3.05) is 0 Å². The summed E-state index contributed by atoms with van der Waals surface area (Å²) >= 11 is 0. The Balaban J connectivity index is 2.08. The molecule has 3 N–H and O–H groups in total. The lowest BCUT2D eigenvalue weighted by Crippen LogP contribution is -2.47. The molecule has 0 aromatic carbocycles. The molecule has 1 saturated carbocycles. The molecule has 1 aliphatic carbocycles. The molecule has 0 radical (unpaired) electrons. The molecule has 0 bridgehead atoms. The largest absolute Gasteiger partial charge is 0.480 e. The van der Waals surface area contributed by atoms with Gasteiger partial charge in [-0.05, 0) is 31.6 Å². The molecule has 1 amide bonds. The third-order valence-corrected chi connectivity index (χ3v) is 4.76. The van der Waals surface area contributed by atoms with Crippen molar-refractivity contribution in [2.24, 2.45) is 11.7 Å². The second-order valence-corrected chi connectivity index (χ2v) is 6.26. The van der Waals surface area contributed by atoms with Gasteiger partial charge in [-0.1, -0.05) is 26.2 Å². The maximum absolute atomic E-state index is 12.5. The van der Waals surface area contributed by atoms with Gasteiger partial charge in [0.15, 0.2) is 0 Å². The molecule has 2 aliphatic rings. The van der Waals surface area contributed by atoms with Crippen molar-refractivity contribution in [1.82, 2.24) is 4.90 Å². The second-order valence-electron chi connectivity index (χ2n) is 6.26. The molecule has 5 nitrogen and oxygen atoms in total. The summed E-state index contributed by atoms with van der Waals surface area (Å²) in [5.74, 6) is -0.555. The molecular weight excluding hydrogens is 256 g/mol. The summed E-state index contributed by atoms with van der Waals surface area (Å²) in [6, 6.07) is -0.653. The van der Waals surface area contributed by atoms with Crippen LogP contribution >= 0.6 is 0 Å². The molecular formula is C15H26N2O3. The molecule has 114 valence electrons. The van der Waals surface area contributed by atoms with Crippen LogP contribution in [0.1, 0.15) is 58.3 Å². The quantitative estimate of drug-likeness (QED) is 0.804. The summed E-state index contributed by atoms with van der Waals surface area (Å²) in [7, 11) is 0. The summed E-state index contributed by atoms with van der Waals surface area (Å²) in [6.07, 6.45) is 6.91. The number of carbonyl (C=O) groups excluding carboxylic acids is 1. The molecule has 1 aliphatic heterocycles. The fourth-order valence-electron chi connectivity index (χ4n) is 3.84. The highest BCUT2D eigenvalue weighted by molar-refractivity contribution is 5.85. The number of carboxylic acid groups (broad SMARTS) is 1. The highest BCUT2D eigenvalue weighted by atomic mass is 16.4. The first kappa shape index (κ1) is 15.3. The zero-order chi connectivity index (χ0) is 14.7. The van der Waals surface area contributed by atoms with Crippen molar-refractivity contribution < 1.29 is 14.7 Å². The van der Waals surface area contributed by atoms with E-state index in [1.165, 1.54) is 0 Å². The molecule has 2 fully saturated rings. The monoisotopic (exact) mass is 282 g/mol. The van der Waals surface area contributed by atoms with Crippen LogP contribution in [0.15, 0.2) is 0 Å². The first-order valence-corrected chi connectivity index (χ1v) is 7.84. The SMILES string of the molecule is CCCC(N)CC(=O)N1C(C(=O)O)CC2CCCCC21. The van der Waals surface area contributed by atoms with E-state index in [0.717, 1.165) is 38.5 Å². The Morgan fingerprint density at radius 3 is 2.70 bits per heavy atom. The normalized spacial score (nSPS) is 30.9. The number of hydrogen-bond donors (Lipinski definition) is 2. The minimum atomic E-state index is -0.864. The summed E-state index contributed by atoms with van der Waals surface area (Å²) in [5.41, 5.74) is 5.95. The van der Waals surface area contributed by atoms with Crippen LogP contribution in [-0.4, -0.2) is 40.0 Å². The van der Waals surface area contributed by atoms with Gasteiger partial charge in [0, 0.05) is 18.5 Å². The lowest BCUT2D eigenvalue weighted by molar-refractivity contribution is -0.150. The van der Waals surface area contributed by atoms with E-state index in [9.17, 15) is 14.7 Å². The minimum absolute atomic E-state index is 0.0623. The number of hydrogen-bond acceptors (Lipinski definition) is 3. The number of carboxylic acids is 1. The molecule has 0 aromatic heterocycles. The van der Waals surface area contributed by atoms with E-state index in [0.29, 0.717) is 12.3 Å². The Bertz CT molecular complexity index is 372. The van der Waals surface area contributed by atoms with Crippen LogP contribution in [0.4, 0.5) is 0 Å². The van der Waals surface area contributed by atoms with Gasteiger partial charge in [0.25, 0.3) is 0 Å². The van der Waals surface area contributed by atoms with Crippen LogP contribution in [0.25, 0.3) is 0 Å². The van der Waals surface area contributed by atoms with E-state index in [1.54, 1.807) is 4.90 Å². The average molecular weight is 282 g/mol. The van der Waals surface area contributed by atoms with Gasteiger partial charge in [-0.25, -0.2) is 4.79 Å². The van der Waals surface area contributed by atoms with E-state index >= 15 is 0 Å². The zero-order valence-electron chi connectivity index (χ0n) is 12.3. The Hall–Kier alpha value is -1.10. The number of carbonyl (C=O) groups is 2. The predicted molar refractivity (Wildman–Crippen MR) is 76.1 cm³/mol. The van der Waals surface area contributed by atoms with Crippen LogP contribution in [0.5, 0.6) is 0 Å². The Morgan fingerprint density at radius 1 is 1.35 bits per heavy atom. The highest BCUT2D eigenvalue weighted by Crippen LogP contribution is 2.40. The molecule has 5 heteroatoms. The van der Waals surface area contributed by atoms with Gasteiger partial charge < -0.3 is 15.7 Å². The lowest BCUT2D eigenvalue weighted by atomic mass is 9.84. The van der Waals surface area contributed by atoms with Crippen LogP contribution in [0.2, 0.25) is 0 Å². The van der Waals surface area contributed by atoms with Crippen LogP contribution in [-0.2, 0) is 9.59 Å². The summed E-state index contributed by atoms with van der Waals surface area (Å²) in [5, 5.41) is 9.39. The first-order valence-electron chi connectivity index (χ1n) is 7.84. The predicted octanol–water partition coefficient (Wildman–Crippen LogP) is 1.75. The third kappa shape index (κ3) is 3.14. The number of nitrogens with zero attached hydrogens (tertiary/aromatic N) is 1. The molecule has 1 saturated heterocycles. The van der Waals surface area contributed by atoms with Gasteiger partial charge in [0.05, 0.1) is 0 Å². The summed E-state index contributed by atoms with van der Waals surface area (Å²) < 4.78 is 0. The van der Waals surface area contributed by atoms with Crippen molar-refractivity contribution in [3.8, 4) is 0 Å². The lowest BCUT2D eigenvalue weighted by Gasteiger charge is -2.33. The third-order valence-electron chi connectivity index (χ3n) is 4.76. The maximum atomic E-state index is 12.5. The van der Waals surface area contributed by atoms with Crippen molar-refractivity contribution in [3.05, 3.63) is 0 Å². The van der Waals surface area contributed by atoms with E-state index in [2.05, 4.69) is 0 Å². The summed E-state index contributed by atoms with van der Waals surface area (Å²) in [4.78, 5) is 25.6. The van der Waals surface area contributed by atoms with Gasteiger partial charge >= 0.3 is 5.97 Å². The second kappa shape index (κ2) is 6.57. The molecule has 4 unspecified atom stereocenters. The number of fused-ring (bicyclic) bond motifs is 1. The fourth-order valence-corrected chi connectivity index (χ4v) is 3.84. The van der Waals surface area contributed by atoms with Crippen molar-refractivity contribution in [2.45, 2.75) is 76.4 Å². The van der Waals surface area contributed by atoms with Gasteiger partial charge in [-0.3, -0.25) is 4.79 Å². The maximum Gasteiger partial charge on any atom is 0.326 e. The van der Waals surface area contributed by atoms with E-state index in [1.807, 2.05) is 6.92 Å². The van der Waals surface area contributed by atoms with Crippen LogP contribution < -0.4 is 5.73 Å². The Morgan fingerprint density at radius 2 is 2.05 bits per heavy atom. The number of amides is 1. The molecule has 0 spiro atoms. The van der Waals surface area contributed by atoms with E-state index in [4.69, 9.17) is 5.73 Å². The molecule has 2 rings (SSSR count). The van der Waals surface area contributed by atoms with Crippen molar-refractivity contribution in [1.29, 1.82) is 0 Å². The Labute approximate surface area is 120 Å². The van der Waals surface area contributed by atoms with Crippen molar-refractivity contribution >= 4 is 11.9 Å². The fraction of sp³-hybridized carbons (Fsp3) is 0.867. The average Bonchev–Trinajstić information content (AvgIpc) is 2.78. The van der Waals surface area contributed by atoms with E-state index in [-0.39, 0.29) is 24.4 Å². The smallest absolute Gasteiger partial charge is 0.326 e. The topological polar surface area (TPSA) is 83.6 Å². The molecule has 20 heavy (non-hydrogen) atoms. The Kier molecular flexibility index (Phi) is 5.02. The zero-order valence-corrected chi connectivity index (χ0v) is 12.3. The number of likely N-dealkylation sites (tertiary alicyclic amines) is 1. The van der Waals surface area contributed by atoms with Gasteiger partial charge in [-0.15, -0.1) is 0 Å². The van der Waals surface area contributed by atoms with Crippen LogP contribution in [0, 0.1) is 5.92 Å². The molecule has 1 heterocycles. The molecule has 4 atom stereocenters. The van der Waals surface area contributed by atoms with E-state index < -0.39 is 12.0 Å². The van der Waals surface area contributed by atoms with Crippen LogP contribution in [0.3, 0.4) is 0 Å². The number of rotatable bonds is 5. The van der Waals surface area contributed by atoms with Gasteiger partial charge in [0.2, 0.25) is 5.91 Å². The summed E-state index contributed by atoms with van der Waals surface area (Å²) in [6.45, 7) is 2.04. The molecule has 0 aromatic rings. The van der Waals surface area contributed by atoms with Gasteiger partial charge in [0.1, 0.15) is 6.04 Å². The minimum Gasteiger partial charge on any atom is -0.480 e. The van der Waals surface area contributed by atoms with Gasteiger partial charge in [-0.2, -0.15) is 0 Å².